The van der Waals surface area contributed by atoms with Gasteiger partial charge in [-0.15, -0.1) is 0 Å². The summed E-state index contributed by atoms with van der Waals surface area (Å²) in [5, 5.41) is 20.0. The van der Waals surface area contributed by atoms with Gasteiger partial charge in [-0.1, -0.05) is 12.2 Å². The second kappa shape index (κ2) is 3.99. The maximum atomic E-state index is 10.1. The second-order valence-corrected chi connectivity index (χ2v) is 6.12. The largest absolute Gasteiger partial charge is 0.504 e. The Morgan fingerprint density at radius 1 is 1.40 bits per heavy atom. The van der Waals surface area contributed by atoms with Gasteiger partial charge >= 0.3 is 0 Å². The van der Waals surface area contributed by atoms with Crippen molar-refractivity contribution in [2.75, 3.05) is 13.7 Å². The van der Waals surface area contributed by atoms with Gasteiger partial charge in [0.15, 0.2) is 11.5 Å². The first-order chi connectivity index (χ1) is 9.64. The molecule has 4 atom stereocenters. The molecule has 2 bridgehead atoms. The van der Waals surface area contributed by atoms with Crippen LogP contribution in [0, 0.1) is 0 Å². The van der Waals surface area contributed by atoms with Crippen molar-refractivity contribution in [1.29, 1.82) is 0 Å². The summed E-state index contributed by atoms with van der Waals surface area (Å²) in [4.78, 5) is 2.45. The summed E-state index contributed by atoms with van der Waals surface area (Å²) in [5.41, 5.74) is 2.39. The molecule has 1 aliphatic carbocycles. The van der Waals surface area contributed by atoms with E-state index in [2.05, 4.69) is 11.0 Å². The van der Waals surface area contributed by atoms with Crippen LogP contribution in [0.25, 0.3) is 0 Å². The van der Waals surface area contributed by atoms with Crippen LogP contribution in [0.2, 0.25) is 0 Å². The summed E-state index contributed by atoms with van der Waals surface area (Å²) >= 11 is 0. The Morgan fingerprint density at radius 2 is 2.25 bits per heavy atom. The van der Waals surface area contributed by atoms with Crippen molar-refractivity contribution in [3.8, 4) is 11.5 Å². The molecule has 0 radical (unpaired) electrons. The van der Waals surface area contributed by atoms with E-state index in [0.717, 1.165) is 25.9 Å². The van der Waals surface area contributed by atoms with Crippen LogP contribution >= 0.6 is 0 Å². The summed E-state index contributed by atoms with van der Waals surface area (Å²) in [6, 6.07) is 4.17. The Balaban J connectivity index is 1.91. The minimum Gasteiger partial charge on any atom is -0.504 e. The van der Waals surface area contributed by atoms with Gasteiger partial charge in [-0.25, -0.2) is 0 Å². The average Bonchev–Trinajstić information content (AvgIpc) is 2.71. The highest BCUT2D eigenvalue weighted by molar-refractivity contribution is 5.54. The minimum absolute atomic E-state index is 0.0451. The van der Waals surface area contributed by atoms with Gasteiger partial charge in [-0.3, -0.25) is 4.90 Å². The Labute approximate surface area is 118 Å². The van der Waals surface area contributed by atoms with Gasteiger partial charge in [0.2, 0.25) is 0 Å². The van der Waals surface area contributed by atoms with Crippen molar-refractivity contribution in [2.24, 2.45) is 0 Å². The number of rotatable bonds is 1. The minimum atomic E-state index is -0.345. The molecule has 1 fully saturated rings. The third-order valence-electron chi connectivity index (χ3n) is 5.21. The molecule has 106 valence electrons. The van der Waals surface area contributed by atoms with Gasteiger partial charge in [0.05, 0.1) is 13.2 Å². The van der Waals surface area contributed by atoms with Gasteiger partial charge in [0.25, 0.3) is 0 Å². The van der Waals surface area contributed by atoms with E-state index in [0.29, 0.717) is 11.8 Å². The molecule has 2 unspecified atom stereocenters. The number of phenols is 1. The predicted molar refractivity (Wildman–Crippen MR) is 74.9 cm³/mol. The number of aromatic hydroxyl groups is 1. The highest BCUT2D eigenvalue weighted by Crippen LogP contribution is 2.52. The van der Waals surface area contributed by atoms with Crippen LogP contribution in [0.1, 0.15) is 24.0 Å². The Bertz CT molecular complexity index is 598. The number of benzene rings is 1. The van der Waals surface area contributed by atoms with Crippen molar-refractivity contribution >= 4 is 0 Å². The number of hydrogen-bond acceptors (Lipinski definition) is 4. The molecule has 1 aromatic carbocycles. The van der Waals surface area contributed by atoms with Gasteiger partial charge in [0, 0.05) is 24.5 Å². The normalized spacial score (nSPS) is 37.4. The third kappa shape index (κ3) is 1.43. The quantitative estimate of drug-likeness (QED) is 0.762. The number of aliphatic hydroxyl groups is 1. The second-order valence-electron chi connectivity index (χ2n) is 6.12. The first-order valence-electron chi connectivity index (χ1n) is 7.16. The third-order valence-corrected chi connectivity index (χ3v) is 5.21. The van der Waals surface area contributed by atoms with Crippen molar-refractivity contribution < 1.29 is 14.9 Å². The molecule has 20 heavy (non-hydrogen) atoms. The molecule has 2 heterocycles. The van der Waals surface area contributed by atoms with Crippen LogP contribution in [-0.2, 0) is 12.0 Å². The Hall–Kier alpha value is -1.52. The predicted octanol–water partition coefficient (Wildman–Crippen LogP) is 1.55. The summed E-state index contributed by atoms with van der Waals surface area (Å²) in [6.45, 7) is 1.92. The van der Waals surface area contributed by atoms with Crippen molar-refractivity contribution in [3.05, 3.63) is 35.4 Å². The molecule has 1 aromatic rings. The molecular formula is C16H19NO3. The number of methoxy groups -OCH3 is 1. The fourth-order valence-electron chi connectivity index (χ4n) is 4.27. The smallest absolute Gasteiger partial charge is 0.160 e. The number of aliphatic hydroxyl groups excluding tert-OH is 1. The lowest BCUT2D eigenvalue weighted by Gasteiger charge is -2.45. The Morgan fingerprint density at radius 3 is 3.05 bits per heavy atom. The molecule has 0 aromatic heterocycles. The van der Waals surface area contributed by atoms with E-state index in [9.17, 15) is 10.2 Å². The molecule has 2 aliphatic heterocycles. The molecule has 2 N–H and O–H groups in total. The molecule has 4 heteroatoms. The zero-order chi connectivity index (χ0) is 13.9. The van der Waals surface area contributed by atoms with Crippen LogP contribution < -0.4 is 4.74 Å². The fraction of sp³-hybridized carbons (Fsp3) is 0.500. The molecule has 0 spiro atoms. The summed E-state index contributed by atoms with van der Waals surface area (Å²) < 4.78 is 5.23. The van der Waals surface area contributed by atoms with Crippen molar-refractivity contribution in [3.63, 3.8) is 0 Å². The molecule has 4 nitrogen and oxygen atoms in total. The van der Waals surface area contributed by atoms with Gasteiger partial charge in [-0.2, -0.15) is 0 Å². The lowest BCUT2D eigenvalue weighted by atomic mass is 9.66. The molecule has 1 saturated heterocycles. The van der Waals surface area contributed by atoms with Crippen molar-refractivity contribution in [1.82, 2.24) is 4.90 Å². The molecule has 0 saturated carbocycles. The maximum absolute atomic E-state index is 10.1. The number of nitrogens with zero attached hydrogens (tertiary/aromatic N) is 1. The van der Waals surface area contributed by atoms with Gasteiger partial charge in [0.1, 0.15) is 0 Å². The maximum Gasteiger partial charge on any atom is 0.160 e. The van der Waals surface area contributed by atoms with E-state index >= 15 is 0 Å². The van der Waals surface area contributed by atoms with Crippen LogP contribution in [0.3, 0.4) is 0 Å². The summed E-state index contributed by atoms with van der Waals surface area (Å²) in [6.07, 6.45) is 5.57. The lowest BCUT2D eigenvalue weighted by molar-refractivity contribution is 0.110. The standard InChI is InChI=1S/C16H19NO3/c1-20-14-6-10-9-17-5-4-16(12(10)8-13(14)19)3-2-11(18)7-15(16)17/h2-3,6,8,11,15,18-19H,4-5,7,9H2,1H3/t11-,15+,16?/m1/s1. The lowest BCUT2D eigenvalue weighted by Crippen LogP contribution is -2.49. The SMILES string of the molecule is COc1cc2c(cc1O)C13C=C[C@@H](O)C[C@@H]1N(CC3)C2. The molecule has 0 amide bonds. The van der Waals surface area contributed by atoms with E-state index in [1.807, 2.05) is 18.2 Å². The monoisotopic (exact) mass is 273 g/mol. The first-order valence-corrected chi connectivity index (χ1v) is 7.16. The average molecular weight is 273 g/mol. The van der Waals surface area contributed by atoms with Crippen LogP contribution in [-0.4, -0.2) is 40.9 Å². The van der Waals surface area contributed by atoms with Gasteiger partial charge in [-0.05, 0) is 36.1 Å². The van der Waals surface area contributed by atoms with E-state index in [1.54, 1.807) is 7.11 Å². The zero-order valence-corrected chi connectivity index (χ0v) is 11.5. The molecule has 4 rings (SSSR count). The topological polar surface area (TPSA) is 52.9 Å². The molecule has 3 aliphatic rings. The number of hydrogen-bond donors (Lipinski definition) is 2. The summed E-state index contributed by atoms with van der Waals surface area (Å²) in [7, 11) is 1.58. The van der Waals surface area contributed by atoms with Crippen molar-refractivity contribution in [2.45, 2.75) is 36.9 Å². The first kappa shape index (κ1) is 12.2. The highest BCUT2D eigenvalue weighted by atomic mass is 16.5. The van der Waals surface area contributed by atoms with E-state index in [-0.39, 0.29) is 17.3 Å². The zero-order valence-electron chi connectivity index (χ0n) is 11.5. The fourth-order valence-corrected chi connectivity index (χ4v) is 4.27. The van der Waals surface area contributed by atoms with E-state index < -0.39 is 0 Å². The number of ether oxygens (including phenoxy) is 1. The van der Waals surface area contributed by atoms with E-state index in [1.165, 1.54) is 11.1 Å². The van der Waals surface area contributed by atoms with E-state index in [4.69, 9.17) is 4.74 Å². The highest BCUT2D eigenvalue weighted by Gasteiger charge is 2.52. The summed E-state index contributed by atoms with van der Waals surface area (Å²) in [5.74, 6) is 0.748. The number of fused-ring (bicyclic) bond motifs is 1. The van der Waals surface area contributed by atoms with Gasteiger partial charge < -0.3 is 14.9 Å². The van der Waals surface area contributed by atoms with Crippen LogP contribution in [0.4, 0.5) is 0 Å². The van der Waals surface area contributed by atoms with Crippen LogP contribution in [0.5, 0.6) is 11.5 Å². The van der Waals surface area contributed by atoms with Crippen LogP contribution in [0.15, 0.2) is 24.3 Å². The number of phenolic OH excluding ortho intramolecular Hbond substituents is 1. The Kier molecular flexibility index (Phi) is 2.44. The molecular weight excluding hydrogens is 254 g/mol.